The molecule has 3 N–H and O–H groups in total. The molecule has 0 aliphatic heterocycles. The molecule has 4 aromatic rings. The highest BCUT2D eigenvalue weighted by atomic mass is 16.3. The van der Waals surface area contributed by atoms with Gasteiger partial charge in [-0.15, -0.1) is 0 Å². The maximum absolute atomic E-state index is 12.0. The fraction of sp³-hybridized carbons (Fsp3) is 0.342. The van der Waals surface area contributed by atoms with Crippen molar-refractivity contribution in [1.29, 1.82) is 0 Å². The predicted octanol–water partition coefficient (Wildman–Crippen LogP) is 7.27. The molecule has 4 heteroatoms. The summed E-state index contributed by atoms with van der Waals surface area (Å²) in [5.41, 5.74) is 10.3. The highest BCUT2D eigenvalue weighted by molar-refractivity contribution is 6.01. The zero-order chi connectivity index (χ0) is 27.1. The van der Waals surface area contributed by atoms with Crippen LogP contribution < -0.4 is 10.6 Å². The van der Waals surface area contributed by atoms with Crippen molar-refractivity contribution in [3.8, 4) is 0 Å². The Morgan fingerprint density at radius 3 is 1.50 bits per heavy atom. The number of nitrogens with one attached hydrogen (secondary N) is 2. The molecule has 3 unspecified atom stereocenters. The topological polar surface area (TPSA) is 61.4 Å². The van der Waals surface area contributed by atoms with Crippen LogP contribution in [-0.4, -0.2) is 23.0 Å². The molecule has 0 radical (unpaired) electrons. The van der Waals surface area contributed by atoms with Crippen molar-refractivity contribution >= 4 is 5.78 Å². The third-order valence-corrected chi connectivity index (χ3v) is 9.19. The minimum absolute atomic E-state index is 0. The van der Waals surface area contributed by atoms with E-state index in [1.165, 1.54) is 33.4 Å². The van der Waals surface area contributed by atoms with Gasteiger partial charge in [-0.25, -0.2) is 0 Å². The van der Waals surface area contributed by atoms with E-state index in [4.69, 9.17) is 0 Å². The lowest BCUT2D eigenvalue weighted by molar-refractivity contribution is 0.0984. The smallest absolute Gasteiger partial charge is 0.165 e. The van der Waals surface area contributed by atoms with E-state index in [0.29, 0.717) is 24.5 Å². The Kier molecular flexibility index (Phi) is 9.08. The zero-order valence-electron chi connectivity index (χ0n) is 22.7. The van der Waals surface area contributed by atoms with Gasteiger partial charge in [-0.2, -0.15) is 0 Å². The number of benzene rings is 4. The SMILES string of the molecule is C.C.O=C1CC(NC2Cc3ccccc3C2)c2ccccc21.OC1CC(NC2Cc3ccccc3C2)c2ccccc21. The van der Waals surface area contributed by atoms with Gasteiger partial charge in [-0.05, 0) is 71.0 Å². The van der Waals surface area contributed by atoms with Crippen molar-refractivity contribution in [2.45, 2.75) is 83.6 Å². The Bertz CT molecular complexity index is 1500. The molecule has 0 bridgehead atoms. The first-order valence-corrected chi connectivity index (χ1v) is 14.7. The van der Waals surface area contributed by atoms with Gasteiger partial charge in [0.15, 0.2) is 5.78 Å². The number of carbonyl (C=O) groups is 1. The molecule has 0 amide bonds. The first-order valence-electron chi connectivity index (χ1n) is 14.7. The molecule has 0 fully saturated rings. The van der Waals surface area contributed by atoms with Crippen LogP contribution in [0.25, 0.3) is 0 Å². The third kappa shape index (κ3) is 5.85. The molecule has 0 saturated heterocycles. The second-order valence-corrected chi connectivity index (χ2v) is 11.8. The second-order valence-electron chi connectivity index (χ2n) is 11.8. The Hall–Kier alpha value is -3.57. The van der Waals surface area contributed by atoms with Gasteiger partial charge in [-0.1, -0.05) is 112 Å². The molecule has 0 spiro atoms. The summed E-state index contributed by atoms with van der Waals surface area (Å²) in [6.07, 6.45) is 5.44. The van der Waals surface area contributed by atoms with Crippen LogP contribution in [0.2, 0.25) is 0 Å². The molecular weight excluding hydrogens is 516 g/mol. The van der Waals surface area contributed by atoms with Gasteiger partial charge in [0, 0.05) is 36.2 Å². The number of rotatable bonds is 4. The van der Waals surface area contributed by atoms with Crippen molar-refractivity contribution in [2.24, 2.45) is 0 Å². The lowest BCUT2D eigenvalue weighted by Crippen LogP contribution is -2.32. The largest absolute Gasteiger partial charge is 0.388 e. The average Bonchev–Trinajstić information content (AvgIpc) is 3.73. The van der Waals surface area contributed by atoms with Crippen molar-refractivity contribution in [3.63, 3.8) is 0 Å². The molecular formula is C38H44N2O2. The molecule has 3 atom stereocenters. The molecule has 8 rings (SSSR count). The monoisotopic (exact) mass is 560 g/mol. The standard InChI is InChI=1S/C18H19NO.C18H17NO.2CH4/c2*20-18-11-17(15-7-3-4-8-16(15)18)19-14-9-12-5-1-2-6-13(12)10-14;;/h1-8,14,17-20H,9-11H2;1-8,14,17,19H,9-11H2;2*1H4. The number of aliphatic hydroxyl groups excluding tert-OH is 1. The number of hydrogen-bond acceptors (Lipinski definition) is 4. The maximum atomic E-state index is 12.0. The van der Waals surface area contributed by atoms with Gasteiger partial charge in [-0.3, -0.25) is 4.79 Å². The minimum atomic E-state index is -0.313. The highest BCUT2D eigenvalue weighted by Crippen LogP contribution is 2.39. The van der Waals surface area contributed by atoms with Gasteiger partial charge in [0.05, 0.1) is 6.10 Å². The number of fused-ring (bicyclic) bond motifs is 4. The van der Waals surface area contributed by atoms with Crippen LogP contribution in [0.3, 0.4) is 0 Å². The van der Waals surface area contributed by atoms with E-state index in [1.54, 1.807) is 0 Å². The van der Waals surface area contributed by atoms with Gasteiger partial charge in [0.2, 0.25) is 0 Å². The maximum Gasteiger partial charge on any atom is 0.165 e. The zero-order valence-corrected chi connectivity index (χ0v) is 22.7. The molecule has 218 valence electrons. The van der Waals surface area contributed by atoms with E-state index < -0.39 is 0 Å². The molecule has 0 aromatic heterocycles. The van der Waals surface area contributed by atoms with Gasteiger partial charge in [0.1, 0.15) is 0 Å². The van der Waals surface area contributed by atoms with Crippen LogP contribution >= 0.6 is 0 Å². The first-order chi connectivity index (χ1) is 19.6. The van der Waals surface area contributed by atoms with Crippen LogP contribution in [-0.2, 0) is 25.7 Å². The lowest BCUT2D eigenvalue weighted by atomic mass is 10.1. The van der Waals surface area contributed by atoms with Crippen molar-refractivity contribution in [1.82, 2.24) is 10.6 Å². The first kappa shape index (κ1) is 29.9. The van der Waals surface area contributed by atoms with E-state index in [-0.39, 0.29) is 32.8 Å². The quantitative estimate of drug-likeness (QED) is 0.246. The summed E-state index contributed by atoms with van der Waals surface area (Å²) in [5, 5.41) is 17.6. The van der Waals surface area contributed by atoms with Gasteiger partial charge >= 0.3 is 0 Å². The fourth-order valence-electron chi connectivity index (χ4n) is 7.30. The molecule has 0 heterocycles. The summed E-state index contributed by atoms with van der Waals surface area (Å²) >= 11 is 0. The lowest BCUT2D eigenvalue weighted by Gasteiger charge is -2.19. The summed E-state index contributed by atoms with van der Waals surface area (Å²) in [6, 6.07) is 35.0. The second kappa shape index (κ2) is 12.7. The van der Waals surface area contributed by atoms with Crippen LogP contribution in [0.4, 0.5) is 0 Å². The van der Waals surface area contributed by atoms with Crippen molar-refractivity contribution < 1.29 is 9.90 Å². The molecule has 4 nitrogen and oxygen atoms in total. The van der Waals surface area contributed by atoms with Gasteiger partial charge in [0.25, 0.3) is 0 Å². The molecule has 4 aliphatic carbocycles. The number of carbonyl (C=O) groups excluding carboxylic acids is 1. The molecule has 4 aromatic carbocycles. The molecule has 42 heavy (non-hydrogen) atoms. The van der Waals surface area contributed by atoms with Crippen LogP contribution in [0.5, 0.6) is 0 Å². The summed E-state index contributed by atoms with van der Waals surface area (Å²) in [4.78, 5) is 12.0. The number of aliphatic hydroxyl groups is 1. The highest BCUT2D eigenvalue weighted by Gasteiger charge is 2.33. The Morgan fingerprint density at radius 1 is 0.524 bits per heavy atom. The minimum Gasteiger partial charge on any atom is -0.388 e. The summed E-state index contributed by atoms with van der Waals surface area (Å²) < 4.78 is 0. The molecule has 4 aliphatic rings. The van der Waals surface area contributed by atoms with Crippen LogP contribution in [0, 0.1) is 0 Å². The Labute approximate surface area is 251 Å². The van der Waals surface area contributed by atoms with E-state index in [2.05, 4.69) is 77.4 Å². The normalized spacial score (nSPS) is 21.7. The fourth-order valence-corrected chi connectivity index (χ4v) is 7.30. The van der Waals surface area contributed by atoms with Crippen molar-refractivity contribution in [3.05, 3.63) is 142 Å². The van der Waals surface area contributed by atoms with Crippen LogP contribution in [0.15, 0.2) is 97.1 Å². The van der Waals surface area contributed by atoms with E-state index in [1.807, 2.05) is 30.3 Å². The number of hydrogen-bond donors (Lipinski definition) is 3. The summed E-state index contributed by atoms with van der Waals surface area (Å²) in [5.74, 6) is 0.272. The van der Waals surface area contributed by atoms with E-state index in [9.17, 15) is 9.90 Å². The van der Waals surface area contributed by atoms with Crippen LogP contribution in [0.1, 0.15) is 95.2 Å². The summed E-state index contributed by atoms with van der Waals surface area (Å²) in [6.45, 7) is 0. The van der Waals surface area contributed by atoms with E-state index >= 15 is 0 Å². The molecule has 0 saturated carbocycles. The van der Waals surface area contributed by atoms with E-state index in [0.717, 1.165) is 43.2 Å². The number of ketones is 1. The average molecular weight is 561 g/mol. The Morgan fingerprint density at radius 2 is 0.952 bits per heavy atom. The van der Waals surface area contributed by atoms with Gasteiger partial charge < -0.3 is 15.7 Å². The van der Waals surface area contributed by atoms with Crippen molar-refractivity contribution in [2.75, 3.05) is 0 Å². The number of Topliss-reactive ketones (excluding diaryl/α,β-unsaturated/α-hetero) is 1. The predicted molar refractivity (Wildman–Crippen MR) is 172 cm³/mol. The summed E-state index contributed by atoms with van der Waals surface area (Å²) in [7, 11) is 0. The Balaban J connectivity index is 0.000000160. The third-order valence-electron chi connectivity index (χ3n) is 9.19.